The summed E-state index contributed by atoms with van der Waals surface area (Å²) in [6, 6.07) is 27.9. The molecule has 3 nitrogen and oxygen atoms in total. The first-order chi connectivity index (χ1) is 19.4. The smallest absolute Gasteiger partial charge is 0.103 e. The van der Waals surface area contributed by atoms with Gasteiger partial charge in [-0.3, -0.25) is 0 Å². The summed E-state index contributed by atoms with van der Waals surface area (Å²) in [7, 11) is 0. The van der Waals surface area contributed by atoms with Gasteiger partial charge < -0.3 is 16.4 Å². The number of rotatable bonds is 11. The predicted molar refractivity (Wildman–Crippen MR) is 175 cm³/mol. The number of thiophene rings is 1. The van der Waals surface area contributed by atoms with E-state index in [1.807, 2.05) is 0 Å². The third-order valence-corrected chi connectivity index (χ3v) is 8.91. The number of hydrogen-bond acceptors (Lipinski definition) is 4. The summed E-state index contributed by atoms with van der Waals surface area (Å²) in [4.78, 5) is 1.43. The molecule has 0 spiro atoms. The van der Waals surface area contributed by atoms with Crippen LogP contribution in [0.1, 0.15) is 58.0 Å². The van der Waals surface area contributed by atoms with Crippen molar-refractivity contribution in [3.05, 3.63) is 143 Å². The molecule has 4 heteroatoms. The van der Waals surface area contributed by atoms with E-state index in [-0.39, 0.29) is 5.92 Å². The molecule has 1 unspecified atom stereocenters. The zero-order chi connectivity index (χ0) is 28.1. The number of nitrogens with two attached hydrogens (primary N) is 1. The largest absolute Gasteiger partial charge is 0.399 e. The van der Waals surface area contributed by atoms with Crippen molar-refractivity contribution in [3.8, 4) is 0 Å². The van der Waals surface area contributed by atoms with Crippen molar-refractivity contribution in [2.24, 2.45) is 11.7 Å². The lowest BCUT2D eigenvalue weighted by molar-refractivity contribution is 0.684. The average molecular weight is 546 g/mol. The average Bonchev–Trinajstić information content (AvgIpc) is 3.33. The molecule has 0 radical (unpaired) electrons. The van der Waals surface area contributed by atoms with Gasteiger partial charge in [-0.15, -0.1) is 11.3 Å². The number of anilines is 2. The zero-order valence-electron chi connectivity index (χ0n) is 23.4. The number of fused-ring (bicyclic) bond motifs is 1. The fourth-order valence-corrected chi connectivity index (χ4v) is 6.72. The van der Waals surface area contributed by atoms with Crippen LogP contribution in [0.25, 0.3) is 11.4 Å². The molecule has 1 aliphatic carbocycles. The Morgan fingerprint density at radius 1 is 0.825 bits per heavy atom. The van der Waals surface area contributed by atoms with Crippen molar-refractivity contribution in [2.75, 3.05) is 10.6 Å². The quantitative estimate of drug-likeness (QED) is 0.176. The van der Waals surface area contributed by atoms with Gasteiger partial charge in [0.25, 0.3) is 0 Å². The molecule has 0 saturated carbocycles. The Kier molecular flexibility index (Phi) is 8.57. The lowest BCUT2D eigenvalue weighted by Crippen LogP contribution is -2.10. The fourth-order valence-electron chi connectivity index (χ4n) is 5.37. The van der Waals surface area contributed by atoms with Crippen molar-refractivity contribution in [1.82, 2.24) is 0 Å². The minimum Gasteiger partial charge on any atom is -0.399 e. The third-order valence-electron chi connectivity index (χ3n) is 7.71. The lowest BCUT2D eigenvalue weighted by Gasteiger charge is -2.18. The van der Waals surface area contributed by atoms with Gasteiger partial charge in [0.1, 0.15) is 5.00 Å². The first kappa shape index (κ1) is 27.5. The minimum absolute atomic E-state index is 0.284. The van der Waals surface area contributed by atoms with Crippen molar-refractivity contribution in [3.63, 3.8) is 0 Å². The Balaban J connectivity index is 1.16. The first-order valence-corrected chi connectivity index (χ1v) is 14.9. The molecular weight excluding hydrogens is 506 g/mol. The van der Waals surface area contributed by atoms with Crippen LogP contribution in [0.2, 0.25) is 0 Å². The number of allylic oxidation sites excluding steroid dienone is 1. The molecule has 0 bridgehead atoms. The molecule has 0 saturated heterocycles. The van der Waals surface area contributed by atoms with E-state index in [1.54, 1.807) is 11.3 Å². The van der Waals surface area contributed by atoms with Gasteiger partial charge in [0.05, 0.1) is 0 Å². The Bertz CT molecular complexity index is 1490. The van der Waals surface area contributed by atoms with Gasteiger partial charge in [0, 0.05) is 33.2 Å². The van der Waals surface area contributed by atoms with Crippen LogP contribution in [-0.4, -0.2) is 0 Å². The van der Waals surface area contributed by atoms with E-state index in [4.69, 9.17) is 5.73 Å². The molecule has 3 aromatic carbocycles. The maximum Gasteiger partial charge on any atom is 0.103 e. The predicted octanol–water partition coefficient (Wildman–Crippen LogP) is 9.03. The second-order valence-corrected chi connectivity index (χ2v) is 12.0. The number of aryl methyl sites for hydroxylation is 1. The Morgan fingerprint density at radius 2 is 1.48 bits per heavy atom. The monoisotopic (exact) mass is 545 g/mol. The van der Waals surface area contributed by atoms with Gasteiger partial charge in [-0.25, -0.2) is 0 Å². The van der Waals surface area contributed by atoms with Gasteiger partial charge in [-0.1, -0.05) is 93.4 Å². The van der Waals surface area contributed by atoms with E-state index in [1.165, 1.54) is 40.0 Å². The summed E-state index contributed by atoms with van der Waals surface area (Å²) in [5.41, 5.74) is 17.2. The van der Waals surface area contributed by atoms with Gasteiger partial charge in [-0.2, -0.15) is 0 Å². The molecule has 1 aromatic heterocycles. The van der Waals surface area contributed by atoms with E-state index in [0.29, 0.717) is 5.70 Å². The van der Waals surface area contributed by atoms with Crippen LogP contribution in [-0.2, 0) is 25.7 Å². The van der Waals surface area contributed by atoms with Crippen LogP contribution in [0.4, 0.5) is 10.7 Å². The molecule has 0 aliphatic heterocycles. The van der Waals surface area contributed by atoms with Gasteiger partial charge in [0.2, 0.25) is 0 Å². The molecule has 1 heterocycles. The molecule has 4 aromatic rings. The highest BCUT2D eigenvalue weighted by Gasteiger charge is 2.22. The maximum absolute atomic E-state index is 6.20. The summed E-state index contributed by atoms with van der Waals surface area (Å²) in [6.07, 6.45) is 6.52. The molecule has 4 N–H and O–H groups in total. The molecular formula is C36H39N3S. The molecule has 5 rings (SSSR count). The summed E-state index contributed by atoms with van der Waals surface area (Å²) >= 11 is 1.80. The first-order valence-electron chi connectivity index (χ1n) is 14.1. The van der Waals surface area contributed by atoms with Crippen LogP contribution < -0.4 is 16.4 Å². The van der Waals surface area contributed by atoms with Crippen molar-refractivity contribution >= 4 is 33.4 Å². The van der Waals surface area contributed by atoms with Crippen molar-refractivity contribution in [2.45, 2.75) is 45.4 Å². The maximum atomic E-state index is 6.20. The number of benzene rings is 3. The summed E-state index contributed by atoms with van der Waals surface area (Å²) < 4.78 is 0. The van der Waals surface area contributed by atoms with Gasteiger partial charge in [0.15, 0.2) is 0 Å². The molecule has 1 atom stereocenters. The Hall–Kier alpha value is -4.02. The van der Waals surface area contributed by atoms with E-state index in [0.717, 1.165) is 58.9 Å². The Labute approximate surface area is 243 Å². The van der Waals surface area contributed by atoms with Crippen molar-refractivity contribution < 1.29 is 0 Å². The molecule has 0 fully saturated rings. The highest BCUT2D eigenvalue weighted by molar-refractivity contribution is 7.16. The summed E-state index contributed by atoms with van der Waals surface area (Å²) in [5.74, 6) is 0.284. The molecule has 0 amide bonds. The highest BCUT2D eigenvalue weighted by Crippen LogP contribution is 2.41. The van der Waals surface area contributed by atoms with Crippen LogP contribution in [0.3, 0.4) is 0 Å². The number of nitrogens with one attached hydrogen (secondary N) is 2. The van der Waals surface area contributed by atoms with Gasteiger partial charge >= 0.3 is 0 Å². The second-order valence-electron chi connectivity index (χ2n) is 10.9. The highest BCUT2D eigenvalue weighted by atomic mass is 32.1. The third kappa shape index (κ3) is 6.57. The zero-order valence-corrected chi connectivity index (χ0v) is 24.2. The molecule has 204 valence electrons. The SMILES string of the molecule is C=C(Nc1sc2c(c1C(=C)N)CCCC2)c1ccc(CC(C)C(=C)Nc2ccc(Cc3ccccc3)cc2)cc1. The van der Waals surface area contributed by atoms with Gasteiger partial charge in [-0.05, 0) is 84.4 Å². The van der Waals surface area contributed by atoms with Crippen LogP contribution in [0.15, 0.2) is 104 Å². The van der Waals surface area contributed by atoms with E-state index < -0.39 is 0 Å². The second kappa shape index (κ2) is 12.4. The van der Waals surface area contributed by atoms with Crippen molar-refractivity contribution in [1.29, 1.82) is 0 Å². The number of hydrogen-bond donors (Lipinski definition) is 3. The van der Waals surface area contributed by atoms with E-state index in [9.17, 15) is 0 Å². The molecule has 40 heavy (non-hydrogen) atoms. The van der Waals surface area contributed by atoms with Crippen LogP contribution in [0.5, 0.6) is 0 Å². The topological polar surface area (TPSA) is 50.1 Å². The summed E-state index contributed by atoms with van der Waals surface area (Å²) in [6.45, 7) is 14.9. The normalized spacial score (nSPS) is 13.2. The van der Waals surface area contributed by atoms with E-state index in [2.05, 4.69) is 116 Å². The lowest BCUT2D eigenvalue weighted by atomic mass is 9.94. The van der Waals surface area contributed by atoms with Crippen LogP contribution >= 0.6 is 11.3 Å². The fraction of sp³-hybridized carbons (Fsp3) is 0.222. The minimum atomic E-state index is 0.284. The van der Waals surface area contributed by atoms with Crippen LogP contribution in [0, 0.1) is 5.92 Å². The standard InChI is InChI=1S/C36H39N3S/c1-24(26(3)38-32-20-16-30(17-21-32)23-28-10-6-5-7-11-28)22-29-14-18-31(19-15-29)27(4)39-36-35(25(2)37)33-12-8-9-13-34(33)40-36/h5-7,10-11,14-21,24,38-39H,2-4,8-9,12-13,22-23,37H2,1H3. The summed E-state index contributed by atoms with van der Waals surface area (Å²) in [5, 5.41) is 8.12. The molecule has 1 aliphatic rings. The van der Waals surface area contributed by atoms with E-state index >= 15 is 0 Å². The Morgan fingerprint density at radius 3 is 2.17 bits per heavy atom.